The van der Waals surface area contributed by atoms with E-state index in [0.29, 0.717) is 19.0 Å². The van der Waals surface area contributed by atoms with E-state index in [1.807, 2.05) is 30.3 Å². The van der Waals surface area contributed by atoms with Crippen LogP contribution in [-0.4, -0.2) is 38.7 Å². The number of anilines is 1. The van der Waals surface area contributed by atoms with Crippen LogP contribution in [0, 0.1) is 0 Å². The number of rotatable bonds is 1. The average molecular weight is 307 g/mol. The quantitative estimate of drug-likeness (QED) is 0.547. The van der Waals surface area contributed by atoms with Gasteiger partial charge in [0.1, 0.15) is 6.61 Å². The predicted octanol–water partition coefficient (Wildman–Crippen LogP) is -0.203. The van der Waals surface area contributed by atoms with Crippen LogP contribution in [0.2, 0.25) is 0 Å². The molecule has 0 atom stereocenters. The minimum absolute atomic E-state index is 0.375. The molecule has 2 N–H and O–H groups in total. The Hall–Kier alpha value is -1.75. The molecule has 9 heteroatoms. The van der Waals surface area contributed by atoms with Crippen molar-refractivity contribution >= 4 is 11.6 Å². The molecule has 0 amide bonds. The number of hydrogen-bond donors (Lipinski definition) is 2. The summed E-state index contributed by atoms with van der Waals surface area (Å²) in [6, 6.07) is 10.0. The van der Waals surface area contributed by atoms with Crippen molar-refractivity contribution in [2.24, 2.45) is 0 Å². The topological polar surface area (TPSA) is 123 Å². The first-order valence-electron chi connectivity index (χ1n) is 5.24. The summed E-state index contributed by atoms with van der Waals surface area (Å²) in [5.74, 6) is 0.375. The molecule has 0 unspecified atom stereocenters. The molecule has 19 heavy (non-hydrogen) atoms. The van der Waals surface area contributed by atoms with Crippen molar-refractivity contribution in [1.29, 1.82) is 0 Å². The third-order valence-electron chi connectivity index (χ3n) is 2.19. The van der Waals surface area contributed by atoms with Crippen molar-refractivity contribution < 1.29 is 39.1 Å². The van der Waals surface area contributed by atoms with E-state index in [2.05, 4.69) is 9.69 Å². The van der Waals surface area contributed by atoms with Crippen LogP contribution < -0.4 is 4.90 Å². The van der Waals surface area contributed by atoms with E-state index in [9.17, 15) is 0 Å². The van der Waals surface area contributed by atoms with Crippen LogP contribution in [0.15, 0.2) is 30.3 Å². The zero-order valence-corrected chi connectivity index (χ0v) is 11.2. The van der Waals surface area contributed by atoms with Gasteiger partial charge in [0.2, 0.25) is 0 Å². The van der Waals surface area contributed by atoms with Crippen LogP contribution in [0.4, 0.5) is 5.69 Å². The molecular formula is C10H13CrN3O5. The zero-order chi connectivity index (χ0) is 14.3. The number of morpholine rings is 1. The van der Waals surface area contributed by atoms with Gasteiger partial charge in [-0.1, -0.05) is 18.2 Å². The van der Waals surface area contributed by atoms with Crippen LogP contribution in [0.3, 0.4) is 0 Å². The van der Waals surface area contributed by atoms with Crippen LogP contribution in [0.5, 0.6) is 0 Å². The third kappa shape index (κ3) is 6.67. The Morgan fingerprint density at radius 1 is 1.26 bits per heavy atom. The first-order valence-corrected chi connectivity index (χ1v) is 7.42. The summed E-state index contributed by atoms with van der Waals surface area (Å²) in [6.45, 7) is 1.91. The van der Waals surface area contributed by atoms with Crippen molar-refractivity contribution in [3.63, 3.8) is 0 Å². The molecule has 2 rings (SSSR count). The van der Waals surface area contributed by atoms with Crippen LogP contribution in [-0.2, 0) is 26.0 Å². The molecule has 1 fully saturated rings. The third-order valence-corrected chi connectivity index (χ3v) is 2.19. The molecule has 0 aliphatic carbocycles. The van der Waals surface area contributed by atoms with Gasteiger partial charge in [-0.3, -0.25) is 0 Å². The molecule has 0 spiro atoms. The van der Waals surface area contributed by atoms with E-state index in [1.165, 1.54) is 0 Å². The zero-order valence-electron chi connectivity index (χ0n) is 9.88. The van der Waals surface area contributed by atoms with Gasteiger partial charge in [-0.25, -0.2) is 0 Å². The van der Waals surface area contributed by atoms with Crippen molar-refractivity contribution in [2.45, 2.75) is 0 Å². The van der Waals surface area contributed by atoms with Gasteiger partial charge in [0.05, 0.1) is 6.54 Å². The molecule has 1 saturated heterocycles. The van der Waals surface area contributed by atoms with Gasteiger partial charge in [0.25, 0.3) is 0 Å². The van der Waals surface area contributed by atoms with Crippen molar-refractivity contribution in [3.05, 3.63) is 35.9 Å². The number of hydrogen-bond acceptors (Lipinski definition) is 4. The molecule has 0 aromatic heterocycles. The summed E-state index contributed by atoms with van der Waals surface area (Å²) in [6.07, 6.45) is 0. The summed E-state index contributed by atoms with van der Waals surface area (Å²) < 4.78 is 37.0. The Morgan fingerprint density at radius 3 is 2.37 bits per heavy atom. The standard InChI is InChI=1S/C10H11N3O.Cr.2H2O.2O/c11-12-10-8-13(6-7-14-10)9-4-2-1-3-5-9;;;;;/h1-5H,6-8H2;;2*1H2;;/q;+2;;;;/p-2. The summed E-state index contributed by atoms with van der Waals surface area (Å²) in [5, 5.41) is 0. The molecular weight excluding hydrogens is 294 g/mol. The monoisotopic (exact) mass is 307 g/mol. The molecule has 1 aromatic carbocycles. The number of nitrogens with zero attached hydrogens (tertiary/aromatic N) is 3. The normalized spacial score (nSPS) is 14.8. The Balaban J connectivity index is 0.000000312. The van der Waals surface area contributed by atoms with Gasteiger partial charge in [-0.05, 0) is 12.1 Å². The molecule has 0 radical (unpaired) electrons. The number of para-hydroxylation sites is 1. The summed E-state index contributed by atoms with van der Waals surface area (Å²) in [4.78, 5) is 5.19. The van der Waals surface area contributed by atoms with Gasteiger partial charge in [0.15, 0.2) is 6.54 Å². The number of benzene rings is 1. The molecule has 1 aliphatic rings. The van der Waals surface area contributed by atoms with E-state index < -0.39 is 13.6 Å². The maximum absolute atomic E-state index is 8.82. The fourth-order valence-electron chi connectivity index (χ4n) is 1.48. The van der Waals surface area contributed by atoms with Crippen LogP contribution in [0.25, 0.3) is 5.53 Å². The SMILES string of the molecule is [N-]=[N+]=C1CN(c2ccccc2)CCO1.[O]=[Cr](=[O])([OH])[OH]. The summed E-state index contributed by atoms with van der Waals surface area (Å²) in [7, 11) is 0. The van der Waals surface area contributed by atoms with E-state index in [4.69, 9.17) is 26.2 Å². The second-order valence-electron chi connectivity index (χ2n) is 3.55. The summed E-state index contributed by atoms with van der Waals surface area (Å²) >= 11 is -5.25. The Bertz CT molecular complexity index is 546. The van der Waals surface area contributed by atoms with Crippen LogP contribution in [0.1, 0.15) is 0 Å². The Kier molecular flexibility index (Phi) is 5.64. The van der Waals surface area contributed by atoms with E-state index in [1.54, 1.807) is 0 Å². The van der Waals surface area contributed by atoms with E-state index in [0.717, 1.165) is 12.2 Å². The second kappa shape index (κ2) is 6.99. The fourth-order valence-corrected chi connectivity index (χ4v) is 1.48. The maximum atomic E-state index is 8.82. The first kappa shape index (κ1) is 15.3. The van der Waals surface area contributed by atoms with Gasteiger partial charge >= 0.3 is 35.4 Å². The summed E-state index contributed by atoms with van der Waals surface area (Å²) in [5.41, 5.74) is 9.71. The average Bonchev–Trinajstić information content (AvgIpc) is 2.38. The molecule has 1 aliphatic heterocycles. The molecule has 8 nitrogen and oxygen atoms in total. The van der Waals surface area contributed by atoms with Crippen molar-refractivity contribution in [1.82, 2.24) is 0 Å². The Labute approximate surface area is 111 Å². The van der Waals surface area contributed by atoms with Crippen molar-refractivity contribution in [2.75, 3.05) is 24.6 Å². The van der Waals surface area contributed by atoms with Gasteiger partial charge in [-0.2, -0.15) is 0 Å². The molecule has 1 aromatic rings. The molecule has 0 saturated carbocycles. The van der Waals surface area contributed by atoms with E-state index in [-0.39, 0.29) is 0 Å². The molecule has 0 bridgehead atoms. The van der Waals surface area contributed by atoms with E-state index >= 15 is 0 Å². The van der Waals surface area contributed by atoms with Gasteiger partial charge in [-0.15, -0.1) is 4.79 Å². The van der Waals surface area contributed by atoms with Gasteiger partial charge in [0, 0.05) is 5.69 Å². The number of ether oxygens (including phenoxy) is 1. The minimum atomic E-state index is -5.25. The van der Waals surface area contributed by atoms with Gasteiger partial charge < -0.3 is 15.2 Å². The van der Waals surface area contributed by atoms with Crippen LogP contribution >= 0.6 is 0 Å². The fraction of sp³-hybridized carbons (Fsp3) is 0.300. The second-order valence-corrected chi connectivity index (χ2v) is 4.95. The Morgan fingerprint density at radius 2 is 1.84 bits per heavy atom. The molecule has 1 heterocycles. The molecule has 104 valence electrons. The first-order chi connectivity index (χ1) is 8.90. The van der Waals surface area contributed by atoms with Crippen molar-refractivity contribution in [3.8, 4) is 0 Å². The predicted molar refractivity (Wildman–Crippen MR) is 59.0 cm³/mol.